The third kappa shape index (κ3) is 3.09. The van der Waals surface area contributed by atoms with Crippen molar-refractivity contribution in [1.82, 2.24) is 10.2 Å². The summed E-state index contributed by atoms with van der Waals surface area (Å²) in [6.07, 6.45) is 1.85. The number of aryl methyl sites for hydroxylation is 1. The van der Waals surface area contributed by atoms with Gasteiger partial charge in [-0.3, -0.25) is 5.10 Å². The van der Waals surface area contributed by atoms with Crippen molar-refractivity contribution in [3.05, 3.63) is 70.9 Å². The lowest BCUT2D eigenvalue weighted by atomic mass is 10.1. The average Bonchev–Trinajstić information content (AvgIpc) is 2.97. The van der Waals surface area contributed by atoms with Gasteiger partial charge >= 0.3 is 0 Å². The van der Waals surface area contributed by atoms with Crippen LogP contribution in [0.25, 0.3) is 11.3 Å². The molecule has 4 heteroatoms. The van der Waals surface area contributed by atoms with Crippen molar-refractivity contribution in [2.24, 2.45) is 0 Å². The summed E-state index contributed by atoms with van der Waals surface area (Å²) in [5.74, 6) is 0. The van der Waals surface area contributed by atoms with Gasteiger partial charge < -0.3 is 5.32 Å². The van der Waals surface area contributed by atoms with Gasteiger partial charge in [-0.2, -0.15) is 5.10 Å². The largest absolute Gasteiger partial charge is 0.380 e. The molecule has 106 valence electrons. The van der Waals surface area contributed by atoms with Gasteiger partial charge in [0.1, 0.15) is 0 Å². The van der Waals surface area contributed by atoms with E-state index >= 15 is 0 Å². The fraction of sp³-hybridized carbons (Fsp3) is 0.118. The number of anilines is 1. The topological polar surface area (TPSA) is 40.7 Å². The minimum atomic E-state index is 0.671. The van der Waals surface area contributed by atoms with Crippen LogP contribution in [0.1, 0.15) is 11.1 Å². The molecule has 1 aromatic heterocycles. The van der Waals surface area contributed by atoms with Gasteiger partial charge in [-0.1, -0.05) is 48.0 Å². The number of nitrogens with zero attached hydrogens (tertiary/aromatic N) is 1. The first-order chi connectivity index (χ1) is 10.2. The molecule has 0 aliphatic heterocycles. The number of hydrogen-bond donors (Lipinski definition) is 2. The molecular formula is C17H16ClN3. The molecular weight excluding hydrogens is 282 g/mol. The summed E-state index contributed by atoms with van der Waals surface area (Å²) in [5, 5.41) is 11.3. The lowest BCUT2D eigenvalue weighted by molar-refractivity contribution is 1.10. The van der Waals surface area contributed by atoms with Gasteiger partial charge in [-0.05, 0) is 30.2 Å². The Morgan fingerprint density at radius 1 is 1.14 bits per heavy atom. The van der Waals surface area contributed by atoms with Gasteiger partial charge in [-0.25, -0.2) is 0 Å². The van der Waals surface area contributed by atoms with E-state index in [0.717, 1.165) is 27.5 Å². The Hall–Kier alpha value is -2.26. The van der Waals surface area contributed by atoms with Gasteiger partial charge in [-0.15, -0.1) is 0 Å². The highest BCUT2D eigenvalue weighted by molar-refractivity contribution is 6.33. The summed E-state index contributed by atoms with van der Waals surface area (Å²) in [4.78, 5) is 0. The number of H-pyrrole nitrogens is 1. The Kier molecular flexibility index (Phi) is 3.93. The molecule has 0 atom stereocenters. The molecule has 21 heavy (non-hydrogen) atoms. The number of aromatic nitrogens is 2. The Labute approximate surface area is 129 Å². The van der Waals surface area contributed by atoms with Crippen LogP contribution in [0.3, 0.4) is 0 Å². The van der Waals surface area contributed by atoms with Crippen LogP contribution in [-0.4, -0.2) is 10.2 Å². The third-order valence-electron chi connectivity index (χ3n) is 3.37. The molecule has 3 nitrogen and oxygen atoms in total. The molecule has 0 unspecified atom stereocenters. The summed E-state index contributed by atoms with van der Waals surface area (Å²) in [5.41, 5.74) is 5.39. The van der Waals surface area contributed by atoms with Gasteiger partial charge in [0.15, 0.2) is 0 Å². The molecule has 0 saturated heterocycles. The van der Waals surface area contributed by atoms with E-state index in [-0.39, 0.29) is 0 Å². The fourth-order valence-electron chi connectivity index (χ4n) is 2.26. The SMILES string of the molecule is Cc1ccc(Cl)c(NCc2cn[nH]c2-c2ccccc2)c1. The van der Waals surface area contributed by atoms with E-state index < -0.39 is 0 Å². The number of halogens is 1. The van der Waals surface area contributed by atoms with Crippen molar-refractivity contribution < 1.29 is 0 Å². The molecule has 0 saturated carbocycles. The van der Waals surface area contributed by atoms with Crippen LogP contribution in [0.15, 0.2) is 54.7 Å². The highest BCUT2D eigenvalue weighted by Gasteiger charge is 2.08. The Morgan fingerprint density at radius 2 is 1.95 bits per heavy atom. The van der Waals surface area contributed by atoms with Crippen molar-refractivity contribution in [3.63, 3.8) is 0 Å². The van der Waals surface area contributed by atoms with E-state index in [9.17, 15) is 0 Å². The third-order valence-corrected chi connectivity index (χ3v) is 3.70. The quantitative estimate of drug-likeness (QED) is 0.736. The highest BCUT2D eigenvalue weighted by atomic mass is 35.5. The Morgan fingerprint density at radius 3 is 2.76 bits per heavy atom. The Bertz CT molecular complexity index is 735. The second-order valence-electron chi connectivity index (χ2n) is 4.97. The maximum absolute atomic E-state index is 6.21. The van der Waals surface area contributed by atoms with Crippen LogP contribution >= 0.6 is 11.6 Å². The molecule has 0 radical (unpaired) electrons. The highest BCUT2D eigenvalue weighted by Crippen LogP contribution is 2.25. The van der Waals surface area contributed by atoms with Gasteiger partial charge in [0.2, 0.25) is 0 Å². The zero-order valence-electron chi connectivity index (χ0n) is 11.7. The van der Waals surface area contributed by atoms with E-state index in [1.54, 1.807) is 0 Å². The molecule has 2 N–H and O–H groups in total. The van der Waals surface area contributed by atoms with E-state index in [4.69, 9.17) is 11.6 Å². The van der Waals surface area contributed by atoms with E-state index in [1.165, 1.54) is 5.56 Å². The lowest BCUT2D eigenvalue weighted by Gasteiger charge is -2.09. The molecule has 0 aliphatic rings. The molecule has 1 heterocycles. The zero-order chi connectivity index (χ0) is 14.7. The van der Waals surface area contributed by atoms with Crippen molar-refractivity contribution in [2.75, 3.05) is 5.32 Å². The van der Waals surface area contributed by atoms with E-state index in [0.29, 0.717) is 6.54 Å². The molecule has 0 fully saturated rings. The van der Waals surface area contributed by atoms with Crippen molar-refractivity contribution >= 4 is 17.3 Å². The van der Waals surface area contributed by atoms with Crippen LogP contribution < -0.4 is 5.32 Å². The number of benzene rings is 2. The molecule has 3 rings (SSSR count). The van der Waals surface area contributed by atoms with Gasteiger partial charge in [0.05, 0.1) is 22.6 Å². The molecule has 3 aromatic rings. The van der Waals surface area contributed by atoms with Crippen LogP contribution in [0.2, 0.25) is 5.02 Å². The van der Waals surface area contributed by atoms with Crippen molar-refractivity contribution in [2.45, 2.75) is 13.5 Å². The monoisotopic (exact) mass is 297 g/mol. The smallest absolute Gasteiger partial charge is 0.0700 e. The van der Waals surface area contributed by atoms with Gasteiger partial charge in [0.25, 0.3) is 0 Å². The van der Waals surface area contributed by atoms with E-state index in [2.05, 4.69) is 34.6 Å². The average molecular weight is 298 g/mol. The number of nitrogens with one attached hydrogen (secondary N) is 2. The summed E-state index contributed by atoms with van der Waals surface area (Å²) >= 11 is 6.21. The van der Waals surface area contributed by atoms with Crippen LogP contribution in [-0.2, 0) is 6.54 Å². The molecule has 0 spiro atoms. The minimum Gasteiger partial charge on any atom is -0.380 e. The second kappa shape index (κ2) is 6.02. The van der Waals surface area contributed by atoms with Gasteiger partial charge in [0, 0.05) is 12.1 Å². The summed E-state index contributed by atoms with van der Waals surface area (Å²) < 4.78 is 0. The predicted molar refractivity (Wildman–Crippen MR) is 87.5 cm³/mol. The first-order valence-electron chi connectivity index (χ1n) is 6.82. The van der Waals surface area contributed by atoms with E-state index in [1.807, 2.05) is 42.6 Å². The predicted octanol–water partition coefficient (Wildman–Crippen LogP) is 4.65. The maximum Gasteiger partial charge on any atom is 0.0700 e. The van der Waals surface area contributed by atoms with Crippen LogP contribution in [0.5, 0.6) is 0 Å². The first-order valence-corrected chi connectivity index (χ1v) is 7.19. The van der Waals surface area contributed by atoms with Crippen LogP contribution in [0.4, 0.5) is 5.69 Å². The molecule has 0 amide bonds. The van der Waals surface area contributed by atoms with Crippen molar-refractivity contribution in [1.29, 1.82) is 0 Å². The second-order valence-corrected chi connectivity index (χ2v) is 5.38. The summed E-state index contributed by atoms with van der Waals surface area (Å²) in [6.45, 7) is 2.72. The number of rotatable bonds is 4. The zero-order valence-corrected chi connectivity index (χ0v) is 12.5. The minimum absolute atomic E-state index is 0.671. The molecule has 0 bridgehead atoms. The Balaban J connectivity index is 1.81. The van der Waals surface area contributed by atoms with Crippen molar-refractivity contribution in [3.8, 4) is 11.3 Å². The standard InChI is InChI=1S/C17H16ClN3/c1-12-7-8-15(18)16(9-12)19-10-14-11-20-21-17(14)13-5-3-2-4-6-13/h2-9,11,19H,10H2,1H3,(H,20,21). The normalized spacial score (nSPS) is 10.6. The number of hydrogen-bond acceptors (Lipinski definition) is 2. The summed E-state index contributed by atoms with van der Waals surface area (Å²) in [6, 6.07) is 16.1. The molecule has 2 aromatic carbocycles. The van der Waals surface area contributed by atoms with Crippen LogP contribution in [0, 0.1) is 6.92 Å². The molecule has 0 aliphatic carbocycles. The maximum atomic E-state index is 6.21. The number of aromatic amines is 1. The fourth-order valence-corrected chi connectivity index (χ4v) is 2.45. The first kappa shape index (κ1) is 13.7. The summed E-state index contributed by atoms with van der Waals surface area (Å²) in [7, 11) is 0. The lowest BCUT2D eigenvalue weighted by Crippen LogP contribution is -2.00.